The number of nitrogens with zero attached hydrogens (tertiary/aromatic N) is 2. The molecular formula is C26H31N3O. The van der Waals surface area contributed by atoms with Gasteiger partial charge in [0.1, 0.15) is 5.66 Å². The number of fused-ring (bicyclic) bond motifs is 3. The lowest BCUT2D eigenvalue weighted by atomic mass is 9.74. The fourth-order valence-corrected chi connectivity index (χ4v) is 4.71. The molecule has 1 N–H and O–H groups in total. The van der Waals surface area contributed by atoms with Gasteiger partial charge in [-0.05, 0) is 42.3 Å². The van der Waals surface area contributed by atoms with Crippen molar-refractivity contribution in [2.45, 2.75) is 38.3 Å². The van der Waals surface area contributed by atoms with Gasteiger partial charge in [0.05, 0.1) is 0 Å². The van der Waals surface area contributed by atoms with Gasteiger partial charge >= 0.3 is 0 Å². The minimum atomic E-state index is -0.558. The highest BCUT2D eigenvalue weighted by Crippen LogP contribution is 2.52. The Labute approximate surface area is 179 Å². The molecule has 156 valence electrons. The molecule has 1 atom stereocenters. The van der Waals surface area contributed by atoms with Crippen molar-refractivity contribution in [1.29, 1.82) is 0 Å². The SMILES string of the molecule is Cc1ccc2c(c1)C(C)(C)[C@]1(/C=C/C=C/c3ccc(N(C)C)cc3)NC(=O)CCN21. The third-order valence-corrected chi connectivity index (χ3v) is 6.53. The first-order valence-corrected chi connectivity index (χ1v) is 10.6. The summed E-state index contributed by atoms with van der Waals surface area (Å²) in [5.74, 6) is 0.108. The quantitative estimate of drug-likeness (QED) is 0.758. The fraction of sp³-hybridized carbons (Fsp3) is 0.346. The first-order chi connectivity index (χ1) is 14.2. The van der Waals surface area contributed by atoms with Crippen LogP contribution in [0.25, 0.3) is 6.08 Å². The van der Waals surface area contributed by atoms with Gasteiger partial charge < -0.3 is 15.1 Å². The highest BCUT2D eigenvalue weighted by molar-refractivity contribution is 5.84. The van der Waals surface area contributed by atoms with Crippen molar-refractivity contribution in [2.75, 3.05) is 30.4 Å². The summed E-state index contributed by atoms with van der Waals surface area (Å²) < 4.78 is 0. The van der Waals surface area contributed by atoms with E-state index in [0.29, 0.717) is 6.42 Å². The number of nitrogens with one attached hydrogen (secondary N) is 1. The Hall–Kier alpha value is -3.01. The van der Waals surface area contributed by atoms with Crippen molar-refractivity contribution in [1.82, 2.24) is 5.32 Å². The predicted molar refractivity (Wildman–Crippen MR) is 126 cm³/mol. The fourth-order valence-electron chi connectivity index (χ4n) is 4.71. The number of allylic oxidation sites excluding steroid dienone is 2. The van der Waals surface area contributed by atoms with E-state index in [0.717, 1.165) is 12.1 Å². The molecule has 4 nitrogen and oxygen atoms in total. The number of carbonyl (C=O) groups is 1. The molecule has 4 heteroatoms. The summed E-state index contributed by atoms with van der Waals surface area (Å²) in [7, 11) is 4.08. The van der Waals surface area contributed by atoms with Gasteiger partial charge in [0, 0.05) is 43.9 Å². The third kappa shape index (κ3) is 3.20. The van der Waals surface area contributed by atoms with Gasteiger partial charge in [0.25, 0.3) is 0 Å². The largest absolute Gasteiger partial charge is 0.378 e. The van der Waals surface area contributed by atoms with Gasteiger partial charge in [-0.3, -0.25) is 4.79 Å². The molecule has 2 aromatic rings. The number of benzene rings is 2. The summed E-state index contributed by atoms with van der Waals surface area (Å²) in [5.41, 5.74) is 5.28. The van der Waals surface area contributed by atoms with Crippen molar-refractivity contribution in [3.63, 3.8) is 0 Å². The normalized spacial score (nSPS) is 22.3. The number of hydrogen-bond donors (Lipinski definition) is 1. The Morgan fingerprint density at radius 2 is 1.80 bits per heavy atom. The van der Waals surface area contributed by atoms with Crippen LogP contribution in [0.4, 0.5) is 11.4 Å². The van der Waals surface area contributed by atoms with Gasteiger partial charge in [-0.15, -0.1) is 0 Å². The van der Waals surface area contributed by atoms with E-state index < -0.39 is 5.66 Å². The zero-order chi connectivity index (χ0) is 21.5. The summed E-state index contributed by atoms with van der Waals surface area (Å²) in [4.78, 5) is 16.9. The van der Waals surface area contributed by atoms with Crippen molar-refractivity contribution in [2.24, 2.45) is 0 Å². The monoisotopic (exact) mass is 401 g/mol. The van der Waals surface area contributed by atoms with Crippen LogP contribution in [0, 0.1) is 6.92 Å². The molecule has 2 aromatic carbocycles. The van der Waals surface area contributed by atoms with Gasteiger partial charge in [-0.1, -0.05) is 61.9 Å². The van der Waals surface area contributed by atoms with Gasteiger partial charge in [0.15, 0.2) is 0 Å². The smallest absolute Gasteiger partial charge is 0.223 e. The lowest BCUT2D eigenvalue weighted by Gasteiger charge is -2.49. The van der Waals surface area contributed by atoms with Crippen LogP contribution in [-0.4, -0.2) is 32.2 Å². The van der Waals surface area contributed by atoms with Crippen LogP contribution in [0.2, 0.25) is 0 Å². The molecule has 0 spiro atoms. The predicted octanol–water partition coefficient (Wildman–Crippen LogP) is 4.64. The summed E-state index contributed by atoms with van der Waals surface area (Å²) in [5, 5.41) is 3.33. The average molecular weight is 402 g/mol. The van der Waals surface area contributed by atoms with E-state index in [1.165, 1.54) is 22.5 Å². The van der Waals surface area contributed by atoms with Crippen LogP contribution in [0.15, 0.2) is 60.7 Å². The second-order valence-corrected chi connectivity index (χ2v) is 9.07. The minimum absolute atomic E-state index is 0.108. The van der Waals surface area contributed by atoms with E-state index in [1.807, 2.05) is 14.1 Å². The van der Waals surface area contributed by atoms with Crippen LogP contribution in [-0.2, 0) is 10.2 Å². The second kappa shape index (κ2) is 7.35. The Morgan fingerprint density at radius 3 is 2.50 bits per heavy atom. The molecule has 0 aliphatic carbocycles. The Kier molecular flexibility index (Phi) is 4.97. The average Bonchev–Trinajstić information content (AvgIpc) is 2.89. The van der Waals surface area contributed by atoms with Crippen LogP contribution in [0.5, 0.6) is 0 Å². The number of anilines is 2. The van der Waals surface area contributed by atoms with E-state index in [4.69, 9.17) is 0 Å². The molecular weight excluding hydrogens is 370 g/mol. The maximum Gasteiger partial charge on any atom is 0.223 e. The Balaban J connectivity index is 1.65. The maximum atomic E-state index is 12.5. The van der Waals surface area contributed by atoms with Crippen LogP contribution in [0.1, 0.15) is 37.0 Å². The molecule has 0 unspecified atom stereocenters. The Bertz CT molecular complexity index is 1020. The molecule has 0 bridgehead atoms. The minimum Gasteiger partial charge on any atom is -0.378 e. The number of carbonyl (C=O) groups excluding carboxylic acids is 1. The first kappa shape index (κ1) is 20.3. The topological polar surface area (TPSA) is 35.6 Å². The summed E-state index contributed by atoms with van der Waals surface area (Å²) in [6, 6.07) is 15.1. The molecule has 2 heterocycles. The van der Waals surface area contributed by atoms with Crippen molar-refractivity contribution < 1.29 is 4.79 Å². The molecule has 2 aliphatic heterocycles. The van der Waals surface area contributed by atoms with Gasteiger partial charge in [-0.2, -0.15) is 0 Å². The zero-order valence-corrected chi connectivity index (χ0v) is 18.6. The third-order valence-electron chi connectivity index (χ3n) is 6.53. The molecule has 1 amide bonds. The van der Waals surface area contributed by atoms with Crippen LogP contribution >= 0.6 is 0 Å². The molecule has 1 fully saturated rings. The van der Waals surface area contributed by atoms with Crippen molar-refractivity contribution >= 4 is 23.4 Å². The van der Waals surface area contributed by atoms with Crippen molar-refractivity contribution in [3.8, 4) is 0 Å². The van der Waals surface area contributed by atoms with Crippen LogP contribution < -0.4 is 15.1 Å². The van der Waals surface area contributed by atoms with Crippen molar-refractivity contribution in [3.05, 3.63) is 77.4 Å². The summed E-state index contributed by atoms with van der Waals surface area (Å²) >= 11 is 0. The zero-order valence-electron chi connectivity index (χ0n) is 18.6. The number of aryl methyl sites for hydroxylation is 1. The molecule has 0 radical (unpaired) electrons. The van der Waals surface area contributed by atoms with Gasteiger partial charge in [-0.25, -0.2) is 0 Å². The molecule has 1 saturated heterocycles. The lowest BCUT2D eigenvalue weighted by molar-refractivity contribution is -0.124. The standard InChI is InChI=1S/C26H31N3O/c1-19-9-14-23-22(18-19)25(2,3)26(27-24(30)15-17-29(23)26)16-7-6-8-20-10-12-21(13-11-20)28(4)5/h6-14,16,18H,15,17H2,1-5H3,(H,27,30)/b8-6+,16-7+/t26-/m1/s1. The lowest BCUT2D eigenvalue weighted by Crippen LogP contribution is -2.68. The number of rotatable bonds is 4. The highest BCUT2D eigenvalue weighted by Gasteiger charge is 2.57. The van der Waals surface area contributed by atoms with E-state index in [2.05, 4.69) is 103 Å². The molecule has 2 aliphatic rings. The first-order valence-electron chi connectivity index (χ1n) is 10.6. The second-order valence-electron chi connectivity index (χ2n) is 9.07. The van der Waals surface area contributed by atoms with Gasteiger partial charge in [0.2, 0.25) is 5.91 Å². The molecule has 4 rings (SSSR count). The van der Waals surface area contributed by atoms with Crippen LogP contribution in [0.3, 0.4) is 0 Å². The summed E-state index contributed by atoms with van der Waals surface area (Å²) in [6.07, 6.45) is 8.90. The van der Waals surface area contributed by atoms with E-state index in [1.54, 1.807) is 0 Å². The Morgan fingerprint density at radius 1 is 1.07 bits per heavy atom. The van der Waals surface area contributed by atoms with E-state index in [-0.39, 0.29) is 11.3 Å². The summed E-state index contributed by atoms with van der Waals surface area (Å²) in [6.45, 7) is 7.31. The number of hydrogen-bond acceptors (Lipinski definition) is 3. The van der Waals surface area contributed by atoms with E-state index >= 15 is 0 Å². The number of amides is 1. The van der Waals surface area contributed by atoms with E-state index in [9.17, 15) is 4.79 Å². The molecule has 0 aromatic heterocycles. The molecule has 30 heavy (non-hydrogen) atoms. The molecule has 0 saturated carbocycles. The highest BCUT2D eigenvalue weighted by atomic mass is 16.2. The maximum absolute atomic E-state index is 12.5.